The standard InChI is InChI=1S/C12H26N6O5/c13-17-15-1-3-19-5-7-21-9-11-23-12-10-22-8-6-20-4-2-16-18-14/h13-14H,1-12H2/q+2. The molecule has 0 aromatic carbocycles. The van der Waals surface area contributed by atoms with Crippen molar-refractivity contribution < 1.29 is 23.7 Å². The van der Waals surface area contributed by atoms with E-state index in [1.165, 1.54) is 0 Å². The van der Waals surface area contributed by atoms with E-state index in [1.54, 1.807) is 0 Å². The van der Waals surface area contributed by atoms with Gasteiger partial charge in [0.1, 0.15) is 34.4 Å². The predicted octanol–water partition coefficient (Wildman–Crippen LogP) is 0.170. The molecule has 0 bridgehead atoms. The van der Waals surface area contributed by atoms with Crippen molar-refractivity contribution in [1.29, 1.82) is 11.1 Å². The molecule has 0 rings (SSSR count). The highest BCUT2D eigenvalue weighted by Gasteiger charge is 1.94. The van der Waals surface area contributed by atoms with Gasteiger partial charge in [0.25, 0.3) is 0 Å². The van der Waals surface area contributed by atoms with Gasteiger partial charge >= 0.3 is 0 Å². The molecule has 11 nitrogen and oxygen atoms in total. The van der Waals surface area contributed by atoms with Gasteiger partial charge < -0.3 is 23.7 Å². The Labute approximate surface area is 135 Å². The SMILES string of the molecule is N=[N+]=NCCOCCOCCOCCOCCOCCN=[N+]=N. The van der Waals surface area contributed by atoms with Crippen molar-refractivity contribution in [2.75, 3.05) is 79.2 Å². The molecule has 0 fully saturated rings. The molecule has 0 saturated carbocycles. The maximum atomic E-state index is 6.44. The Morgan fingerprint density at radius 1 is 0.478 bits per heavy atom. The Kier molecular flexibility index (Phi) is 19.0. The average Bonchev–Trinajstić information content (AvgIpc) is 2.57. The summed E-state index contributed by atoms with van der Waals surface area (Å²) >= 11 is 0. The molecule has 0 aliphatic heterocycles. The smallest absolute Gasteiger partial charge is 0.214 e. The van der Waals surface area contributed by atoms with E-state index in [9.17, 15) is 0 Å². The van der Waals surface area contributed by atoms with Crippen LogP contribution >= 0.6 is 0 Å². The second-order valence-electron chi connectivity index (χ2n) is 3.99. The number of hydrogen-bond acceptors (Lipinski definition) is 9. The molecule has 0 radical (unpaired) electrons. The van der Waals surface area contributed by atoms with Crippen LogP contribution in [0.4, 0.5) is 0 Å². The first-order valence-corrected chi connectivity index (χ1v) is 7.37. The molecule has 0 saturated heterocycles. The highest BCUT2D eigenvalue weighted by molar-refractivity contribution is 4.38. The molecule has 0 unspecified atom stereocenters. The second-order valence-corrected chi connectivity index (χ2v) is 3.99. The summed E-state index contributed by atoms with van der Waals surface area (Å²) in [6, 6.07) is 0. The zero-order valence-corrected chi connectivity index (χ0v) is 13.3. The summed E-state index contributed by atoms with van der Waals surface area (Å²) in [7, 11) is 0. The predicted molar refractivity (Wildman–Crippen MR) is 78.4 cm³/mol. The highest BCUT2D eigenvalue weighted by Crippen LogP contribution is 1.84. The fourth-order valence-electron chi connectivity index (χ4n) is 1.29. The summed E-state index contributed by atoms with van der Waals surface area (Å²) in [6.07, 6.45) is 0. The lowest BCUT2D eigenvalue weighted by atomic mass is 10.6. The van der Waals surface area contributed by atoms with Crippen LogP contribution in [0.2, 0.25) is 0 Å². The third-order valence-corrected chi connectivity index (χ3v) is 2.30. The average molecular weight is 334 g/mol. The molecule has 23 heavy (non-hydrogen) atoms. The fourth-order valence-corrected chi connectivity index (χ4v) is 1.29. The lowest BCUT2D eigenvalue weighted by molar-refractivity contribution is -0.0101. The fraction of sp³-hybridized carbons (Fsp3) is 1.00. The third kappa shape index (κ3) is 20.4. The summed E-state index contributed by atoms with van der Waals surface area (Å²) < 4.78 is 26.3. The van der Waals surface area contributed by atoms with Gasteiger partial charge in [0, 0.05) is 0 Å². The van der Waals surface area contributed by atoms with E-state index in [2.05, 4.69) is 20.1 Å². The van der Waals surface area contributed by atoms with Crippen LogP contribution in [0.25, 0.3) is 0 Å². The van der Waals surface area contributed by atoms with Crippen LogP contribution in [0, 0.1) is 11.1 Å². The first kappa shape index (κ1) is 21.4. The van der Waals surface area contributed by atoms with Crippen molar-refractivity contribution in [3.05, 3.63) is 0 Å². The second kappa shape index (κ2) is 20.4. The van der Waals surface area contributed by atoms with Gasteiger partial charge in [0.05, 0.1) is 66.1 Å². The Balaban J connectivity index is 2.99. The molecule has 0 heterocycles. The third-order valence-electron chi connectivity index (χ3n) is 2.30. The monoisotopic (exact) mass is 334 g/mol. The van der Waals surface area contributed by atoms with E-state index in [0.717, 1.165) is 0 Å². The Morgan fingerprint density at radius 3 is 1.00 bits per heavy atom. The number of ether oxygens (including phenoxy) is 5. The number of nitrogens with one attached hydrogen (secondary N) is 2. The summed E-state index contributed by atoms with van der Waals surface area (Å²) in [5.41, 5.74) is 12.9. The van der Waals surface area contributed by atoms with Crippen LogP contribution in [0.5, 0.6) is 0 Å². The van der Waals surface area contributed by atoms with Gasteiger partial charge in [0.15, 0.2) is 0 Å². The van der Waals surface area contributed by atoms with Crippen LogP contribution in [0.1, 0.15) is 0 Å². The van der Waals surface area contributed by atoms with Crippen molar-refractivity contribution in [1.82, 2.24) is 9.82 Å². The number of rotatable bonds is 18. The summed E-state index contributed by atoms with van der Waals surface area (Å²) in [5.74, 6) is 0. The molecule has 0 atom stereocenters. The minimum absolute atomic E-state index is 0.397. The Morgan fingerprint density at radius 2 is 0.739 bits per heavy atom. The van der Waals surface area contributed by atoms with E-state index in [0.29, 0.717) is 79.2 Å². The van der Waals surface area contributed by atoms with Gasteiger partial charge in [0.2, 0.25) is 9.82 Å². The van der Waals surface area contributed by atoms with Gasteiger partial charge in [-0.1, -0.05) is 0 Å². The van der Waals surface area contributed by atoms with Gasteiger partial charge in [-0.15, -0.1) is 0 Å². The first-order chi connectivity index (χ1) is 11.4. The lowest BCUT2D eigenvalue weighted by Gasteiger charge is -2.07. The van der Waals surface area contributed by atoms with Crippen LogP contribution in [0.3, 0.4) is 0 Å². The van der Waals surface area contributed by atoms with Crippen molar-refractivity contribution in [3.8, 4) is 0 Å². The number of hydrogen-bond donors (Lipinski definition) is 2. The molecular weight excluding hydrogens is 308 g/mol. The minimum atomic E-state index is 0.397. The van der Waals surface area contributed by atoms with Crippen LogP contribution < -0.4 is 9.82 Å². The van der Waals surface area contributed by atoms with Gasteiger partial charge in [-0.3, -0.25) is 0 Å². The zero-order chi connectivity index (χ0) is 16.8. The van der Waals surface area contributed by atoms with E-state index >= 15 is 0 Å². The topological polar surface area (TPSA) is 147 Å². The van der Waals surface area contributed by atoms with Crippen molar-refractivity contribution in [2.24, 2.45) is 10.2 Å². The van der Waals surface area contributed by atoms with Crippen molar-refractivity contribution >= 4 is 0 Å². The zero-order valence-electron chi connectivity index (χ0n) is 13.3. The van der Waals surface area contributed by atoms with Crippen molar-refractivity contribution in [3.63, 3.8) is 0 Å². The molecule has 11 heteroatoms. The number of nitrogens with zero attached hydrogens (tertiary/aromatic N) is 4. The minimum Gasteiger partial charge on any atom is -0.377 e. The Hall–Kier alpha value is -1.58. The molecule has 0 amide bonds. The molecule has 0 aliphatic carbocycles. The van der Waals surface area contributed by atoms with Gasteiger partial charge in [-0.05, 0) is 0 Å². The van der Waals surface area contributed by atoms with E-state index in [4.69, 9.17) is 34.7 Å². The summed E-state index contributed by atoms with van der Waals surface area (Å²) in [6.45, 7) is 5.66. The van der Waals surface area contributed by atoms with Gasteiger partial charge in [-0.2, -0.15) is 0 Å². The van der Waals surface area contributed by atoms with E-state index < -0.39 is 0 Å². The van der Waals surface area contributed by atoms with E-state index in [1.807, 2.05) is 0 Å². The maximum Gasteiger partial charge on any atom is 0.214 e. The Bertz CT molecular complexity index is 315. The quantitative estimate of drug-likeness (QED) is 0.208. The van der Waals surface area contributed by atoms with Crippen LogP contribution in [-0.4, -0.2) is 79.2 Å². The lowest BCUT2D eigenvalue weighted by Crippen LogP contribution is -2.13. The summed E-state index contributed by atoms with van der Waals surface area (Å²) in [5, 5.41) is 6.91. The van der Waals surface area contributed by atoms with Crippen LogP contribution in [-0.2, 0) is 23.7 Å². The van der Waals surface area contributed by atoms with Crippen molar-refractivity contribution in [2.45, 2.75) is 0 Å². The summed E-state index contributed by atoms with van der Waals surface area (Å²) in [4.78, 5) is 5.73. The largest absolute Gasteiger partial charge is 0.377 e. The van der Waals surface area contributed by atoms with Gasteiger partial charge in [-0.25, -0.2) is 0 Å². The molecule has 132 valence electrons. The van der Waals surface area contributed by atoms with E-state index in [-0.39, 0.29) is 0 Å². The molecule has 0 aromatic rings. The molecule has 0 spiro atoms. The first-order valence-electron chi connectivity index (χ1n) is 7.37. The van der Waals surface area contributed by atoms with Crippen LogP contribution in [0.15, 0.2) is 10.2 Å². The highest BCUT2D eigenvalue weighted by atomic mass is 16.6. The normalized spacial score (nSPS) is 10.1. The molecule has 0 aliphatic rings. The maximum absolute atomic E-state index is 6.44. The molecular formula is C12H26N6O5+2. The molecule has 0 aromatic heterocycles. The molecule has 2 N–H and O–H groups in total.